The molecular formula is C13H25N. The first-order valence-electron chi connectivity index (χ1n) is 5.68. The van der Waals surface area contributed by atoms with Gasteiger partial charge in [0.25, 0.3) is 0 Å². The fourth-order valence-corrected chi connectivity index (χ4v) is 1.03. The monoisotopic (exact) mass is 195 g/mol. The first kappa shape index (κ1) is 15.5. The molecule has 0 aliphatic carbocycles. The number of H-pyrrole nitrogens is 1. The Morgan fingerprint density at radius 2 is 1.79 bits per heavy atom. The summed E-state index contributed by atoms with van der Waals surface area (Å²) in [5.74, 6) is 0. The second-order valence-corrected chi connectivity index (χ2v) is 2.25. The van der Waals surface area contributed by atoms with E-state index < -0.39 is 0 Å². The highest BCUT2D eigenvalue weighted by molar-refractivity contribution is 5.26. The molecule has 0 fully saturated rings. The van der Waals surface area contributed by atoms with Crippen molar-refractivity contribution in [2.75, 3.05) is 0 Å². The van der Waals surface area contributed by atoms with Gasteiger partial charge in [0.1, 0.15) is 0 Å². The topological polar surface area (TPSA) is 15.8 Å². The van der Waals surface area contributed by atoms with E-state index in [1.165, 1.54) is 10.6 Å². The zero-order valence-electron chi connectivity index (χ0n) is 10.5. The molecule has 1 heteroatoms. The van der Waals surface area contributed by atoms with Crippen molar-refractivity contribution >= 4 is 12.2 Å². The van der Waals surface area contributed by atoms with Crippen LogP contribution < -0.4 is 10.6 Å². The van der Waals surface area contributed by atoms with Gasteiger partial charge in [-0.1, -0.05) is 46.8 Å². The van der Waals surface area contributed by atoms with Crippen molar-refractivity contribution in [3.8, 4) is 0 Å². The van der Waals surface area contributed by atoms with Crippen LogP contribution >= 0.6 is 0 Å². The Kier molecular flexibility index (Phi) is 13.3. The van der Waals surface area contributed by atoms with Crippen LogP contribution in [0.3, 0.4) is 0 Å². The first-order valence-corrected chi connectivity index (χ1v) is 5.68. The lowest BCUT2D eigenvalue weighted by atomic mass is 10.3. The van der Waals surface area contributed by atoms with Crippen molar-refractivity contribution in [1.29, 1.82) is 0 Å². The van der Waals surface area contributed by atoms with Gasteiger partial charge >= 0.3 is 0 Å². The molecule has 1 aromatic heterocycles. The van der Waals surface area contributed by atoms with Gasteiger partial charge in [-0.05, 0) is 24.6 Å². The molecule has 1 N–H and O–H groups in total. The molecule has 0 radical (unpaired) electrons. The van der Waals surface area contributed by atoms with E-state index in [4.69, 9.17) is 0 Å². The lowest BCUT2D eigenvalue weighted by Gasteiger charge is -1.77. The van der Waals surface area contributed by atoms with Gasteiger partial charge in [0, 0.05) is 11.5 Å². The van der Waals surface area contributed by atoms with Crippen LogP contribution in [-0.2, 0) is 0 Å². The predicted molar refractivity (Wildman–Crippen MR) is 67.6 cm³/mol. The largest absolute Gasteiger partial charge is 0.361 e. The van der Waals surface area contributed by atoms with E-state index in [0.29, 0.717) is 0 Å². The van der Waals surface area contributed by atoms with Gasteiger partial charge in [-0.15, -0.1) is 0 Å². The van der Waals surface area contributed by atoms with Crippen LogP contribution in [0.15, 0.2) is 12.3 Å². The second kappa shape index (κ2) is 12.0. The van der Waals surface area contributed by atoms with Crippen LogP contribution in [0.1, 0.15) is 48.0 Å². The fourth-order valence-electron chi connectivity index (χ4n) is 1.03. The zero-order valence-corrected chi connectivity index (χ0v) is 10.5. The van der Waals surface area contributed by atoms with Crippen molar-refractivity contribution in [3.05, 3.63) is 22.8 Å². The molecule has 0 aliphatic rings. The minimum Gasteiger partial charge on any atom is -0.361 e. The molecule has 0 aliphatic heterocycles. The second-order valence-electron chi connectivity index (χ2n) is 2.25. The number of rotatable bonds is 1. The molecule has 0 saturated heterocycles. The van der Waals surface area contributed by atoms with Crippen molar-refractivity contribution in [2.24, 2.45) is 0 Å². The summed E-state index contributed by atoms with van der Waals surface area (Å²) in [5, 5.41) is 2.53. The summed E-state index contributed by atoms with van der Waals surface area (Å²) in [7, 11) is 0. The molecule has 0 aromatic carbocycles. The van der Waals surface area contributed by atoms with Crippen molar-refractivity contribution in [1.82, 2.24) is 4.98 Å². The van der Waals surface area contributed by atoms with Crippen LogP contribution in [0.4, 0.5) is 0 Å². The van der Waals surface area contributed by atoms with Crippen molar-refractivity contribution < 1.29 is 0 Å². The van der Waals surface area contributed by atoms with E-state index in [2.05, 4.69) is 37.0 Å². The van der Waals surface area contributed by atoms with E-state index in [1.807, 2.05) is 33.9 Å². The molecule has 0 amide bonds. The molecule has 1 aromatic rings. The predicted octanol–water partition coefficient (Wildman–Crippen LogP) is 3.06. The third kappa shape index (κ3) is 5.63. The van der Waals surface area contributed by atoms with Crippen LogP contribution in [0.2, 0.25) is 0 Å². The normalized spacial score (nSPS) is 11.3. The maximum absolute atomic E-state index is 3.17. The van der Waals surface area contributed by atoms with E-state index in [1.54, 1.807) is 0 Å². The molecule has 82 valence electrons. The van der Waals surface area contributed by atoms with Gasteiger partial charge in [-0.25, -0.2) is 0 Å². The Morgan fingerprint density at radius 3 is 2.21 bits per heavy atom. The lowest BCUT2D eigenvalue weighted by Crippen LogP contribution is -2.21. The van der Waals surface area contributed by atoms with Gasteiger partial charge in [0.05, 0.1) is 0 Å². The molecule has 1 heterocycles. The SMILES string of the molecule is C/C=c1/cc[nH]/c1=C/CC.CC.CC. The maximum atomic E-state index is 3.17. The third-order valence-corrected chi connectivity index (χ3v) is 1.53. The van der Waals surface area contributed by atoms with Crippen molar-refractivity contribution in [3.63, 3.8) is 0 Å². The number of aromatic amines is 1. The molecule has 0 saturated carbocycles. The summed E-state index contributed by atoms with van der Waals surface area (Å²) >= 11 is 0. The third-order valence-electron chi connectivity index (χ3n) is 1.53. The fraction of sp³-hybridized carbons (Fsp3) is 0.538. The first-order chi connectivity index (χ1) is 6.88. The van der Waals surface area contributed by atoms with Gasteiger partial charge < -0.3 is 4.98 Å². The summed E-state index contributed by atoms with van der Waals surface area (Å²) in [6, 6.07) is 2.08. The Hall–Kier alpha value is -0.980. The van der Waals surface area contributed by atoms with E-state index in [0.717, 1.165) is 6.42 Å². The quantitative estimate of drug-likeness (QED) is 0.709. The molecule has 1 nitrogen and oxygen atoms in total. The molecule has 1 rings (SSSR count). The lowest BCUT2D eigenvalue weighted by molar-refractivity contribution is 1.23. The standard InChI is InChI=1S/C9H13N.2C2H6/c1-3-5-9-8(4-2)6-7-10-9;2*1-2/h4-7,10H,3H2,1-2H3;2*1-2H3/b8-4-,9-5+;;. The molecule has 0 unspecified atom stereocenters. The Morgan fingerprint density at radius 1 is 1.21 bits per heavy atom. The van der Waals surface area contributed by atoms with Gasteiger partial charge in [-0.2, -0.15) is 0 Å². The van der Waals surface area contributed by atoms with Gasteiger partial charge in [0.15, 0.2) is 0 Å². The van der Waals surface area contributed by atoms with Gasteiger partial charge in [0.2, 0.25) is 0 Å². The molecule has 14 heavy (non-hydrogen) atoms. The summed E-state index contributed by atoms with van der Waals surface area (Å²) in [4.78, 5) is 3.17. The molecule has 0 atom stereocenters. The van der Waals surface area contributed by atoms with E-state index in [-0.39, 0.29) is 0 Å². The van der Waals surface area contributed by atoms with E-state index in [9.17, 15) is 0 Å². The Labute approximate surface area is 88.6 Å². The van der Waals surface area contributed by atoms with Crippen LogP contribution in [-0.4, -0.2) is 4.98 Å². The average Bonchev–Trinajstić information content (AvgIpc) is 2.72. The zero-order chi connectivity index (χ0) is 11.4. The average molecular weight is 195 g/mol. The van der Waals surface area contributed by atoms with Crippen molar-refractivity contribution in [2.45, 2.75) is 48.0 Å². The maximum Gasteiger partial charge on any atom is 0.0409 e. The molecule has 0 bridgehead atoms. The number of hydrogen-bond acceptors (Lipinski definition) is 0. The van der Waals surface area contributed by atoms with Crippen LogP contribution in [0, 0.1) is 0 Å². The Bertz CT molecular complexity index is 293. The Balaban J connectivity index is 0. The molecular weight excluding hydrogens is 170 g/mol. The highest BCUT2D eigenvalue weighted by Crippen LogP contribution is 1.72. The highest BCUT2D eigenvalue weighted by Gasteiger charge is 1.80. The summed E-state index contributed by atoms with van der Waals surface area (Å²) in [6.07, 6.45) is 7.35. The highest BCUT2D eigenvalue weighted by atomic mass is 14.6. The van der Waals surface area contributed by atoms with Crippen LogP contribution in [0.5, 0.6) is 0 Å². The van der Waals surface area contributed by atoms with E-state index >= 15 is 0 Å². The minimum atomic E-state index is 1.08. The number of hydrogen-bond donors (Lipinski definition) is 1. The number of nitrogens with one attached hydrogen (secondary N) is 1. The minimum absolute atomic E-state index is 1.08. The summed E-state index contributed by atoms with van der Waals surface area (Å²) in [6.45, 7) is 12.2. The smallest absolute Gasteiger partial charge is 0.0409 e. The molecule has 0 spiro atoms. The summed E-state index contributed by atoms with van der Waals surface area (Å²) in [5.41, 5.74) is 0. The van der Waals surface area contributed by atoms with Gasteiger partial charge in [-0.3, -0.25) is 0 Å². The van der Waals surface area contributed by atoms with Crippen LogP contribution in [0.25, 0.3) is 12.2 Å². The summed E-state index contributed by atoms with van der Waals surface area (Å²) < 4.78 is 0. The number of aromatic nitrogens is 1.